The molecule has 5 heterocycles. The van der Waals surface area contributed by atoms with Crippen molar-refractivity contribution in [3.63, 3.8) is 0 Å². The van der Waals surface area contributed by atoms with Crippen LogP contribution in [0, 0.1) is 11.8 Å². The van der Waals surface area contributed by atoms with Gasteiger partial charge in [0.2, 0.25) is 35.4 Å². The largest absolute Gasteiger partial charge is 0.504 e. The summed E-state index contributed by atoms with van der Waals surface area (Å²) in [5.41, 5.74) is 2.54. The zero-order chi connectivity index (χ0) is 70.9. The van der Waals surface area contributed by atoms with Crippen molar-refractivity contribution in [2.75, 3.05) is 70.5 Å². The first-order valence-corrected chi connectivity index (χ1v) is 35.0. The van der Waals surface area contributed by atoms with Crippen LogP contribution in [-0.4, -0.2) is 276 Å². The molecule has 0 radical (unpaired) electrons. The predicted molar refractivity (Wildman–Crippen MR) is 356 cm³/mol. The van der Waals surface area contributed by atoms with Crippen LogP contribution >= 0.6 is 22.5 Å². The molecule has 4 aromatic rings. The third-order valence-corrected chi connectivity index (χ3v) is 20.3. The molecule has 538 valence electrons. The number of β-amino-alcohol motifs (C(OH)–C–C–N with tert-alkyl or cyclic N) is 1. The third kappa shape index (κ3) is 18.8. The number of fused-ring (bicyclic) bond motifs is 2. The summed E-state index contributed by atoms with van der Waals surface area (Å²) < 4.78 is 33.4. The molecule has 1 unspecified atom stereocenters. The van der Waals surface area contributed by atoms with Gasteiger partial charge in [-0.25, -0.2) is 0 Å². The van der Waals surface area contributed by atoms with E-state index in [1.54, 1.807) is 12.1 Å². The van der Waals surface area contributed by atoms with Crippen molar-refractivity contribution in [1.29, 1.82) is 0 Å². The van der Waals surface area contributed by atoms with E-state index in [1.807, 2.05) is 12.1 Å². The summed E-state index contributed by atoms with van der Waals surface area (Å²) in [6.07, 6.45) is -7.96. The Kier molecular flexibility index (Phi) is 25.4. The molecule has 0 spiro atoms. The number of benzene rings is 3. The highest BCUT2D eigenvalue weighted by Gasteiger charge is 2.50. The molecule has 5 aliphatic rings. The fourth-order valence-electron chi connectivity index (χ4n) is 13.2. The van der Waals surface area contributed by atoms with Gasteiger partial charge in [0, 0.05) is 99.4 Å². The number of nitrogens with one attached hydrogen (secondary N) is 6. The zero-order valence-electron chi connectivity index (χ0n) is 54.4. The van der Waals surface area contributed by atoms with Gasteiger partial charge in [-0.1, -0.05) is 43.4 Å². The highest BCUT2D eigenvalue weighted by molar-refractivity contribution is 8.15. The molecule has 0 bridgehead atoms. The molecule has 7 amide bonds. The third-order valence-electron chi connectivity index (χ3n) is 18.8. The van der Waals surface area contributed by atoms with Crippen molar-refractivity contribution < 1.29 is 97.4 Å². The van der Waals surface area contributed by atoms with E-state index >= 15 is 0 Å². The molecule has 1 saturated carbocycles. The van der Waals surface area contributed by atoms with Crippen molar-refractivity contribution in [1.82, 2.24) is 56.8 Å². The first-order valence-electron chi connectivity index (χ1n) is 32.8. The standard InChI is InChI=1S/C64H90N12O20S2/c1-33-4-13-41(14-5-33)73-20-22-74(23-21-73)42-15-11-39(12-16-42)62-72-71-61(97-62)38-9-7-37(8-10-38)56(86)67-45-26-43(80)28-66-60(90)54-55(85)34(2)29-76(54)64(92)53(48(83)18-19-65-40(31-77)32-78)70-59(89)52(49(84)24-36-6-17-47(82)50(25-36)96-98(93,94)95)69-58(88)46-27-44(81)30-75(46)63(91)51(35(3)79)68-57(45)87/h6-12,15-17,25,33-35,40-41,43-46,48-49,51-55,65,77-85,93-95H,4-5,13-14,18-24,26-32H2,1-3H3,(H,66,90)(H,67,86)(H,68,87)(H,69,88)(H,70,89)/t33?,34-,35+,41?,43+,44+,45?,46-,48+,49+,51-,52-,53-,54-,55-/m0/s1. The van der Waals surface area contributed by atoms with Gasteiger partial charge in [-0.3, -0.25) is 52.1 Å². The number of phenols is 1. The molecule has 4 aliphatic heterocycles. The van der Waals surface area contributed by atoms with Crippen LogP contribution < -0.4 is 41.0 Å². The summed E-state index contributed by atoms with van der Waals surface area (Å²) in [5.74, 6) is -9.66. The number of rotatable bonds is 19. The van der Waals surface area contributed by atoms with Crippen LogP contribution in [0.4, 0.5) is 5.69 Å². The summed E-state index contributed by atoms with van der Waals surface area (Å²) in [4.78, 5) is 109. The summed E-state index contributed by atoms with van der Waals surface area (Å²) in [7, 11) is 0. The number of hydrogen-bond acceptors (Lipinski definition) is 26. The number of piperazine rings is 1. The molecule has 18 N–H and O–H groups in total. The number of aliphatic hydroxyl groups excluding tert-OH is 8. The highest BCUT2D eigenvalue weighted by Crippen LogP contribution is 2.41. The zero-order valence-corrected chi connectivity index (χ0v) is 56.1. The van der Waals surface area contributed by atoms with E-state index in [0.29, 0.717) is 21.6 Å². The van der Waals surface area contributed by atoms with Gasteiger partial charge < -0.3 is 96.7 Å². The second-order valence-corrected chi connectivity index (χ2v) is 28.2. The van der Waals surface area contributed by atoms with Gasteiger partial charge >= 0.3 is 0 Å². The van der Waals surface area contributed by atoms with Crippen LogP contribution in [0.15, 0.2) is 66.7 Å². The average Bonchev–Trinajstić information content (AvgIpc) is 1.60. The van der Waals surface area contributed by atoms with Gasteiger partial charge in [-0.05, 0) is 106 Å². The van der Waals surface area contributed by atoms with E-state index in [2.05, 4.69) is 75.1 Å². The number of amides is 7. The molecule has 9 rings (SSSR count). The first-order chi connectivity index (χ1) is 46.6. The van der Waals surface area contributed by atoms with Gasteiger partial charge in [0.15, 0.2) is 11.5 Å². The lowest BCUT2D eigenvalue weighted by Crippen LogP contribution is -2.64. The number of nitrogens with zero attached hydrogens (tertiary/aromatic N) is 6. The Bertz CT molecular complexity index is 3410. The van der Waals surface area contributed by atoms with E-state index < -0.39 is 201 Å². The molecular formula is C64H90N12O20S2. The quantitative estimate of drug-likeness (QED) is 0.0486. The number of carbonyl (C=O) groups excluding carboxylic acids is 7. The Balaban J connectivity index is 0.968. The number of aliphatic hydroxyl groups is 8. The van der Waals surface area contributed by atoms with E-state index in [1.165, 1.54) is 62.1 Å². The molecule has 32 nitrogen and oxygen atoms in total. The number of anilines is 1. The number of carbonyl (C=O) groups is 7. The van der Waals surface area contributed by atoms with Crippen LogP contribution in [0.5, 0.6) is 11.5 Å². The number of aromatic hydroxyl groups is 1. The summed E-state index contributed by atoms with van der Waals surface area (Å²) >= 11 is -3.41. The maximum atomic E-state index is 15.0. The number of hydrogen-bond donors (Lipinski definition) is 18. The smallest absolute Gasteiger partial charge is 0.266 e. The average molecular weight is 1410 g/mol. The molecule has 5 fully saturated rings. The van der Waals surface area contributed by atoms with Gasteiger partial charge in [0.1, 0.15) is 46.3 Å². The maximum Gasteiger partial charge on any atom is 0.266 e. The fourth-order valence-corrected chi connectivity index (χ4v) is 14.4. The van der Waals surface area contributed by atoms with Crippen LogP contribution in [0.25, 0.3) is 21.1 Å². The van der Waals surface area contributed by atoms with Gasteiger partial charge in [-0.15, -0.1) is 10.2 Å². The number of phenolic OH excluding ortho intramolecular Hbond substituents is 1. The van der Waals surface area contributed by atoms with Crippen molar-refractivity contribution in [2.45, 2.75) is 157 Å². The topological polar surface area (TPSA) is 482 Å². The highest BCUT2D eigenvalue weighted by atomic mass is 32.3. The molecule has 13 atom stereocenters. The fraction of sp³-hybridized carbons (Fsp3) is 0.578. The Hall–Kier alpha value is -7.26. The summed E-state index contributed by atoms with van der Waals surface area (Å²) in [5, 5.41) is 124. The molecule has 1 aromatic heterocycles. The van der Waals surface area contributed by atoms with Crippen LogP contribution in [0.1, 0.15) is 81.6 Å². The minimum absolute atomic E-state index is 0.0119. The maximum absolute atomic E-state index is 15.0. The molecular weight excluding hydrogens is 1320 g/mol. The molecule has 98 heavy (non-hydrogen) atoms. The Morgan fingerprint density at radius 2 is 1.33 bits per heavy atom. The summed E-state index contributed by atoms with van der Waals surface area (Å²) in [6.45, 7) is 5.81. The van der Waals surface area contributed by atoms with Gasteiger partial charge in [-0.2, -0.15) is 0 Å². The molecule has 34 heteroatoms. The van der Waals surface area contributed by atoms with Crippen molar-refractivity contribution in [2.24, 2.45) is 11.8 Å². The van der Waals surface area contributed by atoms with Gasteiger partial charge in [0.05, 0.1) is 55.9 Å². The van der Waals surface area contributed by atoms with Crippen molar-refractivity contribution in [3.05, 3.63) is 77.9 Å². The van der Waals surface area contributed by atoms with E-state index in [4.69, 9.17) is 0 Å². The van der Waals surface area contributed by atoms with Crippen molar-refractivity contribution in [3.8, 4) is 32.6 Å². The van der Waals surface area contributed by atoms with E-state index in [0.717, 1.165) is 72.2 Å². The predicted octanol–water partition coefficient (Wildman–Crippen LogP) is -1.92. The van der Waals surface area contributed by atoms with E-state index in [-0.39, 0.29) is 24.2 Å². The lowest BCUT2D eigenvalue weighted by molar-refractivity contribution is -0.147. The Labute approximate surface area is 571 Å². The van der Waals surface area contributed by atoms with Crippen LogP contribution in [-0.2, 0) is 35.2 Å². The van der Waals surface area contributed by atoms with Gasteiger partial charge in [0.25, 0.3) is 17.1 Å². The Morgan fingerprint density at radius 3 is 1.95 bits per heavy atom. The molecule has 1 aliphatic carbocycles. The molecule has 3 aromatic carbocycles. The van der Waals surface area contributed by atoms with Crippen LogP contribution in [0.2, 0.25) is 0 Å². The minimum Gasteiger partial charge on any atom is -0.504 e. The molecule has 4 saturated heterocycles. The second-order valence-electron chi connectivity index (χ2n) is 26.1. The SMILES string of the molecule is CC1CCC(N2CCN(c3ccc(-c4nnc(-c5ccc(C(=O)NC6C[C@@H](O)CNC(=O)[C@@H]7[C@@H](O)[C@@H](C)CN7C(=O)[C@H]([C@H](O)CCNC(CO)CO)NC(=O)[C@H]([C@H](O)Cc7ccc(O)c(OS(O)(O)O)c7)NC(=O)[C@@H]7C[C@@H](O)CN7C(=O)[C@H]([C@@H](C)O)NC6=O)cc5)s4)cc3)CC2)CC1. The van der Waals surface area contributed by atoms with Crippen LogP contribution in [0.3, 0.4) is 0 Å². The first kappa shape index (κ1) is 75.0. The lowest BCUT2D eigenvalue weighted by atomic mass is 9.86. The van der Waals surface area contributed by atoms with E-state index in [9.17, 15) is 93.2 Å². The Morgan fingerprint density at radius 1 is 0.714 bits per heavy atom. The number of aromatic nitrogens is 2. The second kappa shape index (κ2) is 33.3. The lowest BCUT2D eigenvalue weighted by Gasteiger charge is -2.42. The normalized spacial score (nSPS) is 28.0. The summed E-state index contributed by atoms with van der Waals surface area (Å²) in [6, 6.07) is 5.50. The van der Waals surface area contributed by atoms with Crippen molar-refractivity contribution >= 4 is 69.5 Å². The minimum atomic E-state index is -4.74. The monoisotopic (exact) mass is 1410 g/mol.